The quantitative estimate of drug-likeness (QED) is 0.847. The van der Waals surface area contributed by atoms with Crippen LogP contribution in [-0.4, -0.2) is 23.1 Å². The topological polar surface area (TPSA) is 55.0 Å². The molecule has 1 saturated heterocycles. The summed E-state index contributed by atoms with van der Waals surface area (Å²) in [6.07, 6.45) is 8.58. The van der Waals surface area contributed by atoms with Gasteiger partial charge in [0.25, 0.3) is 0 Å². The summed E-state index contributed by atoms with van der Waals surface area (Å²) in [6.45, 7) is 4.43. The van der Waals surface area contributed by atoms with E-state index in [1.807, 2.05) is 0 Å². The van der Waals surface area contributed by atoms with Crippen LogP contribution in [0.1, 0.15) is 32.6 Å². The maximum atomic E-state index is 5.64. The van der Waals surface area contributed by atoms with Crippen molar-refractivity contribution >= 4 is 11.6 Å². The summed E-state index contributed by atoms with van der Waals surface area (Å²) >= 11 is 0. The summed E-state index contributed by atoms with van der Waals surface area (Å²) < 4.78 is 0. The Morgan fingerprint density at radius 3 is 2.75 bits per heavy atom. The van der Waals surface area contributed by atoms with Crippen molar-refractivity contribution in [3.05, 3.63) is 12.4 Å². The van der Waals surface area contributed by atoms with Crippen molar-refractivity contribution < 1.29 is 0 Å². The predicted octanol–water partition coefficient (Wildman–Crippen LogP) is 2.08. The first-order chi connectivity index (χ1) is 7.79. The molecule has 2 heterocycles. The zero-order valence-corrected chi connectivity index (χ0v) is 9.89. The zero-order valence-electron chi connectivity index (χ0n) is 9.89. The molecule has 1 aromatic heterocycles. The van der Waals surface area contributed by atoms with E-state index in [2.05, 4.69) is 21.8 Å². The van der Waals surface area contributed by atoms with Crippen LogP contribution in [0.15, 0.2) is 12.4 Å². The van der Waals surface area contributed by atoms with Crippen LogP contribution in [0.3, 0.4) is 0 Å². The van der Waals surface area contributed by atoms with Crippen LogP contribution in [-0.2, 0) is 0 Å². The third kappa shape index (κ3) is 2.62. The molecule has 1 fully saturated rings. The van der Waals surface area contributed by atoms with Crippen molar-refractivity contribution in [1.29, 1.82) is 0 Å². The summed E-state index contributed by atoms with van der Waals surface area (Å²) in [4.78, 5) is 10.7. The van der Waals surface area contributed by atoms with Gasteiger partial charge in [0.1, 0.15) is 11.6 Å². The number of nitrogens with two attached hydrogens (primary N) is 1. The molecule has 1 aliphatic heterocycles. The summed E-state index contributed by atoms with van der Waals surface area (Å²) in [5.74, 6) is 2.33. The summed E-state index contributed by atoms with van der Waals surface area (Å²) in [6, 6.07) is 0. The molecule has 2 N–H and O–H groups in total. The van der Waals surface area contributed by atoms with Crippen molar-refractivity contribution in [3.63, 3.8) is 0 Å². The number of nitrogens with zero attached hydrogens (tertiary/aromatic N) is 3. The molecular formula is C12H20N4. The van der Waals surface area contributed by atoms with Gasteiger partial charge in [-0.1, -0.05) is 19.8 Å². The van der Waals surface area contributed by atoms with Gasteiger partial charge in [0.05, 0.1) is 12.4 Å². The Morgan fingerprint density at radius 2 is 2.12 bits per heavy atom. The van der Waals surface area contributed by atoms with Crippen LogP contribution in [0.2, 0.25) is 0 Å². The van der Waals surface area contributed by atoms with E-state index < -0.39 is 0 Å². The third-order valence-electron chi connectivity index (χ3n) is 3.28. The zero-order chi connectivity index (χ0) is 11.4. The highest BCUT2D eigenvalue weighted by Crippen LogP contribution is 2.24. The molecule has 16 heavy (non-hydrogen) atoms. The fraction of sp³-hybridized carbons (Fsp3) is 0.667. The smallest absolute Gasteiger partial charge is 0.149 e. The summed E-state index contributed by atoms with van der Waals surface area (Å²) in [5.41, 5.74) is 5.64. The van der Waals surface area contributed by atoms with Gasteiger partial charge in [-0.15, -0.1) is 0 Å². The number of anilines is 2. The Morgan fingerprint density at radius 1 is 1.38 bits per heavy atom. The van der Waals surface area contributed by atoms with E-state index in [9.17, 15) is 0 Å². The van der Waals surface area contributed by atoms with E-state index in [-0.39, 0.29) is 0 Å². The minimum atomic E-state index is 0.508. The Hall–Kier alpha value is -1.32. The van der Waals surface area contributed by atoms with Gasteiger partial charge in [-0.05, 0) is 18.8 Å². The molecule has 1 aliphatic rings. The molecule has 0 unspecified atom stereocenters. The largest absolute Gasteiger partial charge is 0.382 e. The van der Waals surface area contributed by atoms with Crippen molar-refractivity contribution in [1.82, 2.24) is 9.97 Å². The number of nitrogen functional groups attached to an aromatic ring is 1. The second-order valence-corrected chi connectivity index (χ2v) is 4.52. The monoisotopic (exact) mass is 220 g/mol. The number of hydrogen-bond acceptors (Lipinski definition) is 4. The van der Waals surface area contributed by atoms with E-state index in [0.29, 0.717) is 5.82 Å². The molecule has 0 aromatic carbocycles. The average molecular weight is 220 g/mol. The maximum Gasteiger partial charge on any atom is 0.149 e. The molecule has 0 aliphatic carbocycles. The molecule has 4 heteroatoms. The van der Waals surface area contributed by atoms with Gasteiger partial charge in [-0.2, -0.15) is 0 Å². The summed E-state index contributed by atoms with van der Waals surface area (Å²) in [7, 11) is 0. The van der Waals surface area contributed by atoms with Crippen molar-refractivity contribution in [3.8, 4) is 0 Å². The van der Waals surface area contributed by atoms with Gasteiger partial charge in [-0.3, -0.25) is 4.98 Å². The molecule has 88 valence electrons. The van der Waals surface area contributed by atoms with Gasteiger partial charge in [0, 0.05) is 13.1 Å². The lowest BCUT2D eigenvalue weighted by Crippen LogP contribution is -2.34. The molecule has 0 amide bonds. The number of rotatable bonds is 3. The molecule has 2 rings (SSSR count). The van der Waals surface area contributed by atoms with Gasteiger partial charge < -0.3 is 10.6 Å². The maximum absolute atomic E-state index is 5.64. The molecule has 0 saturated carbocycles. The highest BCUT2D eigenvalue weighted by atomic mass is 15.2. The van der Waals surface area contributed by atoms with E-state index >= 15 is 0 Å². The fourth-order valence-electron chi connectivity index (χ4n) is 2.38. The first kappa shape index (κ1) is 11.2. The molecule has 4 nitrogen and oxygen atoms in total. The standard InChI is InChI=1S/C12H20N4/c1-2-3-10-4-6-16(7-5-10)12-9-14-8-11(13)15-12/h8-10H,2-7H2,1H3,(H2,13,15). The fourth-order valence-corrected chi connectivity index (χ4v) is 2.38. The first-order valence-corrected chi connectivity index (χ1v) is 6.12. The minimum Gasteiger partial charge on any atom is -0.382 e. The van der Waals surface area contributed by atoms with Gasteiger partial charge in [-0.25, -0.2) is 4.98 Å². The van der Waals surface area contributed by atoms with Crippen LogP contribution in [0.25, 0.3) is 0 Å². The molecule has 0 spiro atoms. The normalized spacial score (nSPS) is 17.7. The lowest BCUT2D eigenvalue weighted by atomic mass is 9.92. The van der Waals surface area contributed by atoms with E-state index in [1.54, 1.807) is 12.4 Å². The van der Waals surface area contributed by atoms with Gasteiger partial charge in [0.2, 0.25) is 0 Å². The van der Waals surface area contributed by atoms with Crippen LogP contribution in [0.5, 0.6) is 0 Å². The van der Waals surface area contributed by atoms with Gasteiger partial charge in [0.15, 0.2) is 0 Å². The van der Waals surface area contributed by atoms with E-state index in [4.69, 9.17) is 5.73 Å². The van der Waals surface area contributed by atoms with Crippen molar-refractivity contribution in [2.24, 2.45) is 5.92 Å². The Bertz CT molecular complexity index is 332. The summed E-state index contributed by atoms with van der Waals surface area (Å²) in [5, 5.41) is 0. The molecular weight excluding hydrogens is 200 g/mol. The lowest BCUT2D eigenvalue weighted by Gasteiger charge is -2.32. The van der Waals surface area contributed by atoms with Crippen molar-refractivity contribution in [2.45, 2.75) is 32.6 Å². The highest BCUT2D eigenvalue weighted by molar-refractivity contribution is 5.41. The van der Waals surface area contributed by atoms with Crippen LogP contribution in [0.4, 0.5) is 11.6 Å². The second-order valence-electron chi connectivity index (χ2n) is 4.52. The van der Waals surface area contributed by atoms with Crippen LogP contribution >= 0.6 is 0 Å². The number of hydrogen-bond donors (Lipinski definition) is 1. The SMILES string of the molecule is CCCC1CCN(c2cncc(N)n2)CC1. The third-order valence-corrected chi connectivity index (χ3v) is 3.28. The highest BCUT2D eigenvalue weighted by Gasteiger charge is 2.19. The molecule has 0 bridgehead atoms. The first-order valence-electron chi connectivity index (χ1n) is 6.12. The van der Waals surface area contributed by atoms with Crippen LogP contribution in [0, 0.1) is 5.92 Å². The number of aromatic nitrogens is 2. The molecule has 0 radical (unpaired) electrons. The lowest BCUT2D eigenvalue weighted by molar-refractivity contribution is 0.377. The minimum absolute atomic E-state index is 0.508. The Balaban J connectivity index is 1.94. The van der Waals surface area contributed by atoms with Gasteiger partial charge >= 0.3 is 0 Å². The number of piperidine rings is 1. The Labute approximate surface area is 96.9 Å². The molecule has 1 aromatic rings. The molecule has 0 atom stereocenters. The van der Waals surface area contributed by atoms with Crippen LogP contribution < -0.4 is 10.6 Å². The average Bonchev–Trinajstić information content (AvgIpc) is 2.30. The Kier molecular flexibility index (Phi) is 3.59. The van der Waals surface area contributed by atoms with E-state index in [1.165, 1.54) is 25.7 Å². The van der Waals surface area contributed by atoms with Crippen molar-refractivity contribution in [2.75, 3.05) is 23.7 Å². The van der Waals surface area contributed by atoms with E-state index in [0.717, 1.165) is 24.8 Å². The second kappa shape index (κ2) is 5.14. The predicted molar refractivity (Wildman–Crippen MR) is 66.3 cm³/mol.